The van der Waals surface area contributed by atoms with Gasteiger partial charge in [-0.25, -0.2) is 0 Å². The summed E-state index contributed by atoms with van der Waals surface area (Å²) in [5.74, 6) is -1.12. The van der Waals surface area contributed by atoms with Crippen molar-refractivity contribution in [2.24, 2.45) is 0 Å². The van der Waals surface area contributed by atoms with Crippen molar-refractivity contribution in [3.8, 4) is 0 Å². The van der Waals surface area contributed by atoms with Crippen molar-refractivity contribution in [2.75, 3.05) is 6.61 Å². The topological polar surface area (TPSA) is 69.7 Å². The molecular formula is C8H14O5. The number of hydrogen-bond donors (Lipinski definition) is 0. The van der Waals surface area contributed by atoms with Gasteiger partial charge in [0.2, 0.25) is 0 Å². The van der Waals surface area contributed by atoms with E-state index < -0.39 is 11.9 Å². The fourth-order valence-electron chi connectivity index (χ4n) is 0.368. The Morgan fingerprint density at radius 2 is 1.69 bits per heavy atom. The fourth-order valence-corrected chi connectivity index (χ4v) is 0.368. The van der Waals surface area contributed by atoms with E-state index in [9.17, 15) is 14.4 Å². The predicted molar refractivity (Wildman–Crippen MR) is 44.8 cm³/mol. The molecule has 0 saturated heterocycles. The van der Waals surface area contributed by atoms with E-state index in [-0.39, 0.29) is 0 Å². The first-order chi connectivity index (χ1) is 6.04. The van der Waals surface area contributed by atoms with Crippen LogP contribution in [-0.4, -0.2) is 25.0 Å². The van der Waals surface area contributed by atoms with E-state index in [0.717, 1.165) is 6.42 Å². The summed E-state index contributed by atoms with van der Waals surface area (Å²) in [5.41, 5.74) is 0. The highest BCUT2D eigenvalue weighted by Crippen LogP contribution is 1.73. The molecule has 0 heterocycles. The normalized spacial score (nSPS) is 7.62. The lowest BCUT2D eigenvalue weighted by molar-refractivity contribution is -0.156. The van der Waals surface area contributed by atoms with Gasteiger partial charge in [0.25, 0.3) is 6.47 Å². The maximum atomic E-state index is 9.81. The summed E-state index contributed by atoms with van der Waals surface area (Å²) >= 11 is 0. The molecule has 76 valence electrons. The first kappa shape index (κ1) is 14.2. The van der Waals surface area contributed by atoms with E-state index in [1.165, 1.54) is 13.8 Å². The van der Waals surface area contributed by atoms with Crippen molar-refractivity contribution in [3.05, 3.63) is 0 Å². The zero-order chi connectivity index (χ0) is 10.7. The molecule has 0 bridgehead atoms. The molecule has 5 nitrogen and oxygen atoms in total. The molecule has 0 aromatic rings. The van der Waals surface area contributed by atoms with Gasteiger partial charge in [0.1, 0.15) is 0 Å². The third-order valence-corrected chi connectivity index (χ3v) is 0.677. The van der Waals surface area contributed by atoms with Crippen LogP contribution in [0.5, 0.6) is 0 Å². The van der Waals surface area contributed by atoms with E-state index in [1.807, 2.05) is 6.92 Å². The smallest absolute Gasteiger partial charge is 0.310 e. The van der Waals surface area contributed by atoms with Gasteiger partial charge in [0, 0.05) is 13.8 Å². The third-order valence-electron chi connectivity index (χ3n) is 0.677. The molecule has 0 aromatic carbocycles. The van der Waals surface area contributed by atoms with Crippen molar-refractivity contribution >= 4 is 18.4 Å². The molecule has 0 aliphatic carbocycles. The minimum atomic E-state index is -0.562. The molecule has 0 aromatic heterocycles. The van der Waals surface area contributed by atoms with Crippen LogP contribution < -0.4 is 0 Å². The molecule has 0 atom stereocenters. The lowest BCUT2D eigenvalue weighted by atomic mass is 10.5. The Kier molecular flexibility index (Phi) is 11.6. The van der Waals surface area contributed by atoms with Crippen LogP contribution in [0.25, 0.3) is 0 Å². The predicted octanol–water partition coefficient (Wildman–Crippen LogP) is 0.665. The second-order valence-electron chi connectivity index (χ2n) is 2.05. The van der Waals surface area contributed by atoms with E-state index >= 15 is 0 Å². The summed E-state index contributed by atoms with van der Waals surface area (Å²) in [6, 6.07) is 0. The zero-order valence-electron chi connectivity index (χ0n) is 8.03. The SMILES string of the molecule is CC(=O)OC(C)=O.CCCOC=O. The number of ether oxygens (including phenoxy) is 2. The molecule has 5 heteroatoms. The van der Waals surface area contributed by atoms with Gasteiger partial charge in [-0.2, -0.15) is 0 Å². The third kappa shape index (κ3) is 25.0. The van der Waals surface area contributed by atoms with Crippen LogP contribution in [0.1, 0.15) is 27.2 Å². The molecule has 0 rings (SSSR count). The average molecular weight is 190 g/mol. The average Bonchev–Trinajstić information content (AvgIpc) is 1.99. The Bertz CT molecular complexity index is 152. The van der Waals surface area contributed by atoms with Crippen molar-refractivity contribution in [1.82, 2.24) is 0 Å². The largest absolute Gasteiger partial charge is 0.468 e. The van der Waals surface area contributed by atoms with Crippen LogP contribution >= 0.6 is 0 Å². The van der Waals surface area contributed by atoms with Crippen LogP contribution in [0.2, 0.25) is 0 Å². The molecule has 0 aliphatic heterocycles. The highest BCUT2D eigenvalue weighted by Gasteiger charge is 1.93. The molecular weight excluding hydrogens is 176 g/mol. The molecule has 0 saturated carbocycles. The van der Waals surface area contributed by atoms with Gasteiger partial charge in [0.15, 0.2) is 0 Å². The molecule has 0 amide bonds. The number of esters is 2. The van der Waals surface area contributed by atoms with Crippen molar-refractivity contribution in [2.45, 2.75) is 27.2 Å². The highest BCUT2D eigenvalue weighted by molar-refractivity contribution is 5.82. The van der Waals surface area contributed by atoms with Gasteiger partial charge < -0.3 is 9.47 Å². The van der Waals surface area contributed by atoms with Crippen molar-refractivity contribution in [1.29, 1.82) is 0 Å². The molecule has 13 heavy (non-hydrogen) atoms. The highest BCUT2D eigenvalue weighted by atomic mass is 16.6. The minimum Gasteiger partial charge on any atom is -0.468 e. The molecule has 0 N–H and O–H groups in total. The molecule has 0 radical (unpaired) electrons. The summed E-state index contributed by atoms with van der Waals surface area (Å²) in [5, 5.41) is 0. The number of hydrogen-bond acceptors (Lipinski definition) is 5. The van der Waals surface area contributed by atoms with Crippen LogP contribution in [0, 0.1) is 0 Å². The van der Waals surface area contributed by atoms with Gasteiger partial charge in [-0.05, 0) is 6.42 Å². The summed E-state index contributed by atoms with van der Waals surface area (Å²) in [7, 11) is 0. The zero-order valence-corrected chi connectivity index (χ0v) is 8.03. The van der Waals surface area contributed by atoms with E-state index in [0.29, 0.717) is 13.1 Å². The first-order valence-electron chi connectivity index (χ1n) is 3.78. The fraction of sp³-hybridized carbons (Fsp3) is 0.625. The first-order valence-corrected chi connectivity index (χ1v) is 3.78. The number of carbonyl (C=O) groups is 3. The molecule has 0 unspecified atom stereocenters. The summed E-state index contributed by atoms with van der Waals surface area (Å²) in [6.45, 7) is 5.32. The summed E-state index contributed by atoms with van der Waals surface area (Å²) in [6.07, 6.45) is 0.902. The quantitative estimate of drug-likeness (QED) is 0.283. The minimum absolute atomic E-state index is 0.462. The second kappa shape index (κ2) is 10.6. The van der Waals surface area contributed by atoms with Crippen molar-refractivity contribution in [3.63, 3.8) is 0 Å². The van der Waals surface area contributed by atoms with Crippen molar-refractivity contribution < 1.29 is 23.9 Å². The van der Waals surface area contributed by atoms with Gasteiger partial charge in [-0.15, -0.1) is 0 Å². The Morgan fingerprint density at radius 1 is 1.23 bits per heavy atom. The maximum Gasteiger partial charge on any atom is 0.310 e. The Morgan fingerprint density at radius 3 is 1.77 bits per heavy atom. The molecule has 0 aliphatic rings. The van der Waals surface area contributed by atoms with E-state index in [4.69, 9.17) is 0 Å². The van der Waals surface area contributed by atoms with Crippen LogP contribution in [-0.2, 0) is 23.9 Å². The lowest BCUT2D eigenvalue weighted by Gasteiger charge is -1.87. The van der Waals surface area contributed by atoms with Crippen LogP contribution in [0.15, 0.2) is 0 Å². The second-order valence-corrected chi connectivity index (χ2v) is 2.05. The van der Waals surface area contributed by atoms with Gasteiger partial charge in [-0.1, -0.05) is 6.92 Å². The van der Waals surface area contributed by atoms with Crippen LogP contribution in [0.4, 0.5) is 0 Å². The Balaban J connectivity index is 0. The maximum absolute atomic E-state index is 9.81. The Hall–Kier alpha value is -1.39. The van der Waals surface area contributed by atoms with E-state index in [1.54, 1.807) is 0 Å². The van der Waals surface area contributed by atoms with Gasteiger partial charge >= 0.3 is 11.9 Å². The lowest BCUT2D eigenvalue weighted by Crippen LogP contribution is -2.03. The summed E-state index contributed by atoms with van der Waals surface area (Å²) in [4.78, 5) is 29.0. The number of rotatable bonds is 3. The van der Waals surface area contributed by atoms with E-state index in [2.05, 4.69) is 9.47 Å². The monoisotopic (exact) mass is 190 g/mol. The molecule has 0 fully saturated rings. The standard InChI is InChI=1S/C4H6O3.C4H8O2/c1-3(5)7-4(2)6;1-2-3-6-4-5/h1-2H3;4H,2-3H2,1H3. The Labute approximate surface area is 77.0 Å². The van der Waals surface area contributed by atoms with Gasteiger partial charge in [-0.3, -0.25) is 14.4 Å². The van der Waals surface area contributed by atoms with Gasteiger partial charge in [0.05, 0.1) is 6.61 Å². The van der Waals surface area contributed by atoms with Crippen LogP contribution in [0.3, 0.4) is 0 Å². The summed E-state index contributed by atoms with van der Waals surface area (Å²) < 4.78 is 8.27. The molecule has 0 spiro atoms. The number of carbonyl (C=O) groups excluding carboxylic acids is 3.